The van der Waals surface area contributed by atoms with Crippen LogP contribution in [-0.4, -0.2) is 5.78 Å². The molecule has 0 aliphatic heterocycles. The standard InChI is InChI=1S/C19H30O/c1-14-8-10-15(11-9-14)12-16(13-18(2,3)4)17(20)19(5,6)7/h8-11,16H,12-13H2,1-7H3/t16-/m1/s1/i8D,9D. The molecule has 0 heterocycles. The molecule has 1 heteroatoms. The SMILES string of the molecule is [2H]c1cc(C[C@H](CC(C)(C)C)C(=O)C(C)(C)C)cc([2H])c1C. The van der Waals surface area contributed by atoms with E-state index in [1.54, 1.807) is 19.1 Å². The molecule has 0 fully saturated rings. The van der Waals surface area contributed by atoms with E-state index in [9.17, 15) is 4.79 Å². The normalized spacial score (nSPS) is 15.6. The highest BCUT2D eigenvalue weighted by atomic mass is 16.1. The van der Waals surface area contributed by atoms with Gasteiger partial charge in [0.05, 0.1) is 2.74 Å². The minimum absolute atomic E-state index is 0.0680. The third-order valence-electron chi connectivity index (χ3n) is 3.40. The molecule has 1 aromatic rings. The summed E-state index contributed by atoms with van der Waals surface area (Å²) in [5.41, 5.74) is 1.32. The lowest BCUT2D eigenvalue weighted by Crippen LogP contribution is -2.32. The lowest BCUT2D eigenvalue weighted by atomic mass is 9.73. The second-order valence-corrected chi connectivity index (χ2v) is 8.06. The van der Waals surface area contributed by atoms with Crippen molar-refractivity contribution in [1.29, 1.82) is 0 Å². The Morgan fingerprint density at radius 3 is 2.05 bits per heavy atom. The van der Waals surface area contributed by atoms with Crippen molar-refractivity contribution < 1.29 is 7.54 Å². The zero-order chi connectivity index (χ0) is 17.3. The van der Waals surface area contributed by atoms with E-state index in [2.05, 4.69) is 20.8 Å². The van der Waals surface area contributed by atoms with Crippen LogP contribution in [0.25, 0.3) is 0 Å². The van der Waals surface area contributed by atoms with Crippen molar-refractivity contribution in [3.8, 4) is 0 Å². The summed E-state index contributed by atoms with van der Waals surface area (Å²) in [4.78, 5) is 12.8. The van der Waals surface area contributed by atoms with E-state index in [0.29, 0.717) is 24.1 Å². The van der Waals surface area contributed by atoms with E-state index < -0.39 is 0 Å². The minimum Gasteiger partial charge on any atom is -0.299 e. The maximum Gasteiger partial charge on any atom is 0.141 e. The minimum atomic E-state index is -0.367. The second-order valence-electron chi connectivity index (χ2n) is 8.06. The smallest absolute Gasteiger partial charge is 0.141 e. The van der Waals surface area contributed by atoms with Gasteiger partial charge in [-0.05, 0) is 30.7 Å². The Labute approximate surface area is 127 Å². The molecular weight excluding hydrogens is 244 g/mol. The van der Waals surface area contributed by atoms with Gasteiger partial charge in [0.15, 0.2) is 0 Å². The number of rotatable bonds is 4. The Balaban J connectivity index is 3.11. The third-order valence-corrected chi connectivity index (χ3v) is 3.40. The van der Waals surface area contributed by atoms with E-state index in [4.69, 9.17) is 2.74 Å². The maximum atomic E-state index is 12.8. The first-order chi connectivity index (χ1) is 9.81. The number of ketones is 1. The number of hydrogen-bond acceptors (Lipinski definition) is 1. The molecule has 0 radical (unpaired) electrons. The van der Waals surface area contributed by atoms with E-state index >= 15 is 0 Å². The van der Waals surface area contributed by atoms with E-state index in [1.807, 2.05) is 20.8 Å². The van der Waals surface area contributed by atoms with Crippen LogP contribution < -0.4 is 0 Å². The Kier molecular flexibility index (Phi) is 4.24. The van der Waals surface area contributed by atoms with Gasteiger partial charge in [0.2, 0.25) is 0 Å². The number of carbonyl (C=O) groups excluding carboxylic acids is 1. The second kappa shape index (κ2) is 6.11. The van der Waals surface area contributed by atoms with Gasteiger partial charge >= 0.3 is 0 Å². The third kappa shape index (κ3) is 5.48. The Bertz CT molecular complexity index is 525. The molecule has 0 spiro atoms. The molecule has 0 bridgehead atoms. The summed E-state index contributed by atoms with van der Waals surface area (Å²) >= 11 is 0. The molecule has 0 unspecified atom stereocenters. The summed E-state index contributed by atoms with van der Waals surface area (Å²) in [6.07, 6.45) is 1.43. The summed E-state index contributed by atoms with van der Waals surface area (Å²) in [7, 11) is 0. The summed E-state index contributed by atoms with van der Waals surface area (Å²) in [5.74, 6) is 0.197. The van der Waals surface area contributed by atoms with Gasteiger partial charge in [0, 0.05) is 11.3 Å². The van der Waals surface area contributed by atoms with Gasteiger partial charge in [-0.3, -0.25) is 4.79 Å². The topological polar surface area (TPSA) is 17.1 Å². The quantitative estimate of drug-likeness (QED) is 0.738. The van der Waals surface area contributed by atoms with Gasteiger partial charge in [-0.2, -0.15) is 0 Å². The highest BCUT2D eigenvalue weighted by Crippen LogP contribution is 2.32. The Morgan fingerprint density at radius 1 is 1.15 bits per heavy atom. The van der Waals surface area contributed by atoms with Crippen LogP contribution in [0.3, 0.4) is 0 Å². The van der Waals surface area contributed by atoms with E-state index in [0.717, 1.165) is 12.0 Å². The lowest BCUT2D eigenvalue weighted by Gasteiger charge is -2.30. The molecule has 0 saturated heterocycles. The first-order valence-corrected chi connectivity index (χ1v) is 7.42. The van der Waals surface area contributed by atoms with Crippen molar-refractivity contribution in [1.82, 2.24) is 0 Å². The molecule has 1 atom stereocenters. The zero-order valence-corrected chi connectivity index (χ0v) is 14.1. The monoisotopic (exact) mass is 276 g/mol. The summed E-state index contributed by atoms with van der Waals surface area (Å²) < 4.78 is 15.9. The molecule has 112 valence electrons. The van der Waals surface area contributed by atoms with E-state index in [1.165, 1.54) is 0 Å². The van der Waals surface area contributed by atoms with Crippen LogP contribution in [0, 0.1) is 23.7 Å². The molecule has 20 heavy (non-hydrogen) atoms. The molecule has 0 amide bonds. The zero-order valence-electron chi connectivity index (χ0n) is 16.1. The predicted molar refractivity (Wildman–Crippen MR) is 86.9 cm³/mol. The van der Waals surface area contributed by atoms with Gasteiger partial charge in [-0.25, -0.2) is 0 Å². The van der Waals surface area contributed by atoms with Crippen molar-refractivity contribution in [3.63, 3.8) is 0 Å². The molecule has 0 aromatic heterocycles. The van der Waals surface area contributed by atoms with Crippen LogP contribution >= 0.6 is 0 Å². The molecule has 0 aliphatic carbocycles. The Morgan fingerprint density at radius 2 is 1.65 bits per heavy atom. The molecule has 0 N–H and O–H groups in total. The average molecular weight is 276 g/mol. The van der Waals surface area contributed by atoms with Gasteiger partial charge in [0.25, 0.3) is 0 Å². The highest BCUT2D eigenvalue weighted by Gasteiger charge is 2.32. The van der Waals surface area contributed by atoms with Crippen LogP contribution in [0.2, 0.25) is 0 Å². The van der Waals surface area contributed by atoms with Gasteiger partial charge in [0.1, 0.15) is 5.78 Å². The van der Waals surface area contributed by atoms with Gasteiger partial charge < -0.3 is 0 Å². The van der Waals surface area contributed by atoms with Crippen molar-refractivity contribution >= 4 is 5.78 Å². The predicted octanol–water partition coefficient (Wildman–Crippen LogP) is 5.21. The van der Waals surface area contributed by atoms with Gasteiger partial charge in [-0.15, -0.1) is 0 Å². The van der Waals surface area contributed by atoms with Crippen LogP contribution in [0.15, 0.2) is 24.2 Å². The van der Waals surface area contributed by atoms with Crippen LogP contribution in [0.4, 0.5) is 0 Å². The molecule has 1 aromatic carbocycles. The summed E-state index contributed by atoms with van der Waals surface area (Å²) in [5, 5.41) is 0. The van der Waals surface area contributed by atoms with Crippen molar-refractivity contribution in [2.75, 3.05) is 0 Å². The number of carbonyl (C=O) groups is 1. The van der Waals surface area contributed by atoms with Gasteiger partial charge in [-0.1, -0.05) is 71.3 Å². The van der Waals surface area contributed by atoms with Crippen LogP contribution in [-0.2, 0) is 11.2 Å². The van der Waals surface area contributed by atoms with Crippen molar-refractivity contribution in [2.24, 2.45) is 16.7 Å². The molecule has 1 rings (SSSR count). The molecule has 0 aliphatic rings. The first kappa shape index (κ1) is 13.9. The summed E-state index contributed by atoms with van der Waals surface area (Å²) in [6, 6.07) is 4.39. The number of benzene rings is 1. The van der Waals surface area contributed by atoms with Crippen LogP contribution in [0.5, 0.6) is 0 Å². The summed E-state index contributed by atoms with van der Waals surface area (Å²) in [6.45, 7) is 14.1. The molecule has 1 nitrogen and oxygen atoms in total. The fraction of sp³-hybridized carbons (Fsp3) is 0.632. The van der Waals surface area contributed by atoms with Crippen LogP contribution in [0.1, 0.15) is 61.8 Å². The average Bonchev–Trinajstić information content (AvgIpc) is 2.31. The van der Waals surface area contributed by atoms with E-state index in [-0.39, 0.29) is 22.5 Å². The number of hydrogen-bond donors (Lipinski definition) is 0. The molecular formula is C19H30O. The van der Waals surface area contributed by atoms with Crippen molar-refractivity contribution in [3.05, 3.63) is 35.3 Å². The van der Waals surface area contributed by atoms with Crippen molar-refractivity contribution in [2.45, 2.75) is 61.3 Å². The Hall–Kier alpha value is -1.11. The number of Topliss-reactive ketones (excluding diaryl/α,β-unsaturated/α-hetero) is 1. The molecule has 0 saturated carbocycles. The highest BCUT2D eigenvalue weighted by molar-refractivity contribution is 5.86. The maximum absolute atomic E-state index is 12.8. The lowest BCUT2D eigenvalue weighted by molar-refractivity contribution is -0.131. The fourth-order valence-corrected chi connectivity index (χ4v) is 2.50. The fourth-order valence-electron chi connectivity index (χ4n) is 2.50. The largest absolute Gasteiger partial charge is 0.299 e. The first-order valence-electron chi connectivity index (χ1n) is 8.42.